The van der Waals surface area contributed by atoms with Gasteiger partial charge in [-0.1, -0.05) is 30.3 Å². The maximum atomic E-state index is 12.5. The molecule has 1 aliphatic rings. The van der Waals surface area contributed by atoms with E-state index in [1.54, 1.807) is 29.1 Å². The van der Waals surface area contributed by atoms with Gasteiger partial charge in [-0.25, -0.2) is 9.66 Å². The van der Waals surface area contributed by atoms with E-state index >= 15 is 0 Å². The fourth-order valence-corrected chi connectivity index (χ4v) is 2.41. The number of imidazole rings is 1. The largest absolute Gasteiger partial charge is 0.348 e. The van der Waals surface area contributed by atoms with Crippen LogP contribution in [0.4, 0.5) is 0 Å². The van der Waals surface area contributed by atoms with Crippen LogP contribution < -0.4 is 5.32 Å². The minimum absolute atomic E-state index is 0.173. The maximum absolute atomic E-state index is 12.5. The lowest BCUT2D eigenvalue weighted by atomic mass is 10.1. The van der Waals surface area contributed by atoms with Crippen LogP contribution in [0, 0.1) is 6.92 Å². The third kappa shape index (κ3) is 3.35. The Morgan fingerprint density at radius 3 is 2.74 bits per heavy atom. The standard InChI is InChI=1S/C17H17ClN4O/c1-3-10-19-22-11(2)20-15(17(23)21-14-8-9-14)16(22)12-4-6-13(18)7-5-12/h3-7,10,14H,1,8-9H2,2H3,(H,21,23)/b19-10-. The van der Waals surface area contributed by atoms with E-state index in [9.17, 15) is 4.79 Å². The van der Waals surface area contributed by atoms with Gasteiger partial charge in [0.25, 0.3) is 5.91 Å². The summed E-state index contributed by atoms with van der Waals surface area (Å²) < 4.78 is 1.65. The Labute approximate surface area is 139 Å². The molecule has 23 heavy (non-hydrogen) atoms. The first kappa shape index (κ1) is 15.5. The Hall–Kier alpha value is -2.40. The third-order valence-electron chi connectivity index (χ3n) is 3.55. The van der Waals surface area contributed by atoms with Crippen LogP contribution in [0.1, 0.15) is 29.2 Å². The third-order valence-corrected chi connectivity index (χ3v) is 3.80. The van der Waals surface area contributed by atoms with Crippen LogP contribution in [0.2, 0.25) is 5.02 Å². The highest BCUT2D eigenvalue weighted by atomic mass is 35.5. The molecule has 0 spiro atoms. The molecule has 1 aromatic heterocycles. The quantitative estimate of drug-likeness (QED) is 0.855. The highest BCUT2D eigenvalue weighted by Gasteiger charge is 2.28. The van der Waals surface area contributed by atoms with Gasteiger partial charge in [0.15, 0.2) is 5.69 Å². The lowest BCUT2D eigenvalue weighted by Crippen LogP contribution is -2.26. The molecule has 1 aromatic carbocycles. The number of amides is 1. The van der Waals surface area contributed by atoms with Crippen molar-refractivity contribution in [2.75, 3.05) is 0 Å². The lowest BCUT2D eigenvalue weighted by Gasteiger charge is -2.07. The number of benzene rings is 1. The molecule has 0 radical (unpaired) electrons. The molecule has 0 aliphatic heterocycles. The van der Waals surface area contributed by atoms with Gasteiger partial charge in [0.05, 0.1) is 0 Å². The molecule has 1 N–H and O–H groups in total. The summed E-state index contributed by atoms with van der Waals surface area (Å²) in [5.74, 6) is 0.460. The SMILES string of the molecule is C=C/C=N\n1c(C)nc(C(=O)NC2CC2)c1-c1ccc(Cl)cc1. The van der Waals surface area contributed by atoms with Crippen LogP contribution in [0.15, 0.2) is 42.0 Å². The molecule has 1 aliphatic carbocycles. The Kier molecular flexibility index (Phi) is 4.30. The Bertz CT molecular complexity index is 773. The van der Waals surface area contributed by atoms with Crippen LogP contribution in [-0.2, 0) is 0 Å². The number of nitrogens with one attached hydrogen (secondary N) is 1. The molecular weight excluding hydrogens is 312 g/mol. The first-order valence-electron chi connectivity index (χ1n) is 7.41. The van der Waals surface area contributed by atoms with Crippen molar-refractivity contribution in [2.24, 2.45) is 5.10 Å². The Balaban J connectivity index is 2.10. The molecular formula is C17H17ClN4O. The van der Waals surface area contributed by atoms with Gasteiger partial charge < -0.3 is 5.32 Å². The molecule has 1 fully saturated rings. The smallest absolute Gasteiger partial charge is 0.272 e. The number of nitrogens with zero attached hydrogens (tertiary/aromatic N) is 3. The predicted molar refractivity (Wildman–Crippen MR) is 92.0 cm³/mol. The maximum Gasteiger partial charge on any atom is 0.272 e. The van der Waals surface area contributed by atoms with Crippen LogP contribution >= 0.6 is 11.6 Å². The van der Waals surface area contributed by atoms with E-state index < -0.39 is 0 Å². The van der Waals surface area contributed by atoms with Gasteiger partial charge in [-0.15, -0.1) is 0 Å². The van der Waals surface area contributed by atoms with Gasteiger partial charge in [-0.3, -0.25) is 4.79 Å². The average Bonchev–Trinajstić information content (AvgIpc) is 3.28. The predicted octanol–water partition coefficient (Wildman–Crippen LogP) is 3.42. The summed E-state index contributed by atoms with van der Waals surface area (Å²) in [6.45, 7) is 5.44. The summed E-state index contributed by atoms with van der Waals surface area (Å²) in [6.07, 6.45) is 5.19. The van der Waals surface area contributed by atoms with Crippen LogP contribution in [0.3, 0.4) is 0 Å². The molecule has 1 saturated carbocycles. The number of aromatic nitrogens is 2. The first-order valence-corrected chi connectivity index (χ1v) is 7.79. The summed E-state index contributed by atoms with van der Waals surface area (Å²) >= 11 is 5.96. The molecule has 5 nitrogen and oxygen atoms in total. The zero-order valence-electron chi connectivity index (χ0n) is 12.8. The molecule has 3 rings (SSSR count). The summed E-state index contributed by atoms with van der Waals surface area (Å²) in [7, 11) is 0. The van der Waals surface area contributed by atoms with Gasteiger partial charge >= 0.3 is 0 Å². The number of carbonyl (C=O) groups is 1. The molecule has 1 heterocycles. The highest BCUT2D eigenvalue weighted by Crippen LogP contribution is 2.28. The number of allylic oxidation sites excluding steroid dienone is 1. The number of rotatable bonds is 5. The molecule has 1 amide bonds. The molecule has 0 saturated heterocycles. The topological polar surface area (TPSA) is 59.3 Å². The number of hydrogen-bond donors (Lipinski definition) is 1. The summed E-state index contributed by atoms with van der Waals surface area (Å²) in [5, 5.41) is 7.93. The minimum Gasteiger partial charge on any atom is -0.348 e. The van der Waals surface area contributed by atoms with Crippen LogP contribution in [-0.4, -0.2) is 27.8 Å². The fraction of sp³-hybridized carbons (Fsp3) is 0.235. The van der Waals surface area contributed by atoms with Crippen molar-refractivity contribution in [2.45, 2.75) is 25.8 Å². The Morgan fingerprint density at radius 1 is 1.43 bits per heavy atom. The van der Waals surface area contributed by atoms with Crippen molar-refractivity contribution >= 4 is 23.7 Å². The van der Waals surface area contributed by atoms with Crippen molar-refractivity contribution in [3.8, 4) is 11.3 Å². The van der Waals surface area contributed by atoms with E-state index in [-0.39, 0.29) is 11.9 Å². The lowest BCUT2D eigenvalue weighted by molar-refractivity contribution is 0.0947. The molecule has 2 aromatic rings. The second kappa shape index (κ2) is 6.38. The number of aryl methyl sites for hydroxylation is 1. The van der Waals surface area contributed by atoms with Gasteiger partial charge in [-0.2, -0.15) is 5.10 Å². The van der Waals surface area contributed by atoms with Crippen LogP contribution in [0.25, 0.3) is 11.3 Å². The minimum atomic E-state index is -0.173. The number of halogens is 1. The van der Waals surface area contributed by atoms with Gasteiger partial charge in [0.1, 0.15) is 11.5 Å². The number of carbonyl (C=O) groups excluding carboxylic acids is 1. The van der Waals surface area contributed by atoms with E-state index in [0.717, 1.165) is 18.4 Å². The van der Waals surface area contributed by atoms with Gasteiger partial charge in [0.2, 0.25) is 0 Å². The molecule has 118 valence electrons. The van der Waals surface area contributed by atoms with Crippen molar-refractivity contribution in [3.63, 3.8) is 0 Å². The first-order chi connectivity index (χ1) is 11.1. The number of hydrogen-bond acceptors (Lipinski definition) is 3. The molecule has 6 heteroatoms. The summed E-state index contributed by atoms with van der Waals surface area (Å²) in [5.41, 5.74) is 1.85. The van der Waals surface area contributed by atoms with Crippen molar-refractivity contribution in [3.05, 3.63) is 53.5 Å². The zero-order chi connectivity index (χ0) is 16.4. The summed E-state index contributed by atoms with van der Waals surface area (Å²) in [6, 6.07) is 7.54. The normalized spacial score (nSPS) is 14.2. The average molecular weight is 329 g/mol. The van der Waals surface area contributed by atoms with E-state index in [1.165, 1.54) is 0 Å². The molecule has 0 bridgehead atoms. The van der Waals surface area contributed by atoms with E-state index in [0.29, 0.717) is 22.2 Å². The zero-order valence-corrected chi connectivity index (χ0v) is 13.5. The highest BCUT2D eigenvalue weighted by molar-refractivity contribution is 6.30. The van der Waals surface area contributed by atoms with Gasteiger partial charge in [-0.05, 0) is 38.0 Å². The molecule has 0 unspecified atom stereocenters. The van der Waals surface area contributed by atoms with Crippen LogP contribution in [0.5, 0.6) is 0 Å². The van der Waals surface area contributed by atoms with E-state index in [4.69, 9.17) is 11.6 Å². The van der Waals surface area contributed by atoms with Crippen molar-refractivity contribution < 1.29 is 4.79 Å². The van der Waals surface area contributed by atoms with Gasteiger partial charge in [0, 0.05) is 22.8 Å². The molecule has 0 atom stereocenters. The van der Waals surface area contributed by atoms with Crippen molar-refractivity contribution in [1.82, 2.24) is 15.0 Å². The fourth-order valence-electron chi connectivity index (χ4n) is 2.29. The Morgan fingerprint density at radius 2 is 2.13 bits per heavy atom. The second-order valence-corrected chi connectivity index (χ2v) is 5.86. The van der Waals surface area contributed by atoms with E-state index in [2.05, 4.69) is 22.0 Å². The van der Waals surface area contributed by atoms with Crippen molar-refractivity contribution in [1.29, 1.82) is 0 Å². The summed E-state index contributed by atoms with van der Waals surface area (Å²) in [4.78, 5) is 16.9. The van der Waals surface area contributed by atoms with E-state index in [1.807, 2.05) is 19.1 Å². The monoisotopic (exact) mass is 328 g/mol. The second-order valence-electron chi connectivity index (χ2n) is 5.42.